The molecule has 2 heterocycles. The van der Waals surface area contributed by atoms with Gasteiger partial charge in [-0.1, -0.05) is 17.7 Å². The van der Waals surface area contributed by atoms with Gasteiger partial charge in [0.2, 0.25) is 5.91 Å². The average Bonchev–Trinajstić information content (AvgIpc) is 3.15. The highest BCUT2D eigenvalue weighted by atomic mass is 35.5. The number of hydrogen-bond donors (Lipinski definition) is 1. The van der Waals surface area contributed by atoms with Crippen LogP contribution >= 0.6 is 11.6 Å². The monoisotopic (exact) mass is 369 g/mol. The van der Waals surface area contributed by atoms with Crippen LogP contribution in [-0.4, -0.2) is 45.1 Å². The van der Waals surface area contributed by atoms with E-state index in [1.54, 1.807) is 66.6 Å². The maximum atomic E-state index is 12.4. The van der Waals surface area contributed by atoms with Crippen molar-refractivity contribution in [3.8, 4) is 5.82 Å². The lowest BCUT2D eigenvalue weighted by Gasteiger charge is -2.17. The Bertz CT molecular complexity index is 910. The molecule has 0 saturated carbocycles. The molecule has 7 nitrogen and oxygen atoms in total. The third-order valence-corrected chi connectivity index (χ3v) is 3.80. The Balaban J connectivity index is 1.61. The number of amides is 2. The number of nitrogens with one attached hydrogen (secondary N) is 1. The second-order valence-electron chi connectivity index (χ2n) is 5.58. The van der Waals surface area contributed by atoms with Crippen molar-refractivity contribution in [3.63, 3.8) is 0 Å². The summed E-state index contributed by atoms with van der Waals surface area (Å²) < 4.78 is 1.59. The molecule has 1 aromatic carbocycles. The topological polar surface area (TPSA) is 80.1 Å². The van der Waals surface area contributed by atoms with Gasteiger partial charge in [-0.05, 0) is 36.4 Å². The molecule has 0 unspecified atom stereocenters. The number of aromatic nitrogens is 3. The lowest BCUT2D eigenvalue weighted by Crippen LogP contribution is -2.35. The molecule has 2 amide bonds. The van der Waals surface area contributed by atoms with Crippen molar-refractivity contribution in [1.82, 2.24) is 19.7 Å². The van der Waals surface area contributed by atoms with E-state index >= 15 is 0 Å². The first kappa shape index (κ1) is 17.6. The molecule has 0 radical (unpaired) electrons. The molecular formula is C18H16ClN5O2. The molecule has 0 fully saturated rings. The number of anilines is 1. The second-order valence-corrected chi connectivity index (χ2v) is 6.01. The zero-order valence-corrected chi connectivity index (χ0v) is 14.7. The molecule has 132 valence electrons. The van der Waals surface area contributed by atoms with Gasteiger partial charge in [0.1, 0.15) is 0 Å². The van der Waals surface area contributed by atoms with E-state index in [1.165, 1.54) is 11.1 Å². The Morgan fingerprint density at radius 2 is 2.08 bits per heavy atom. The molecule has 0 aliphatic rings. The first-order valence-electron chi connectivity index (χ1n) is 7.80. The Labute approximate surface area is 155 Å². The van der Waals surface area contributed by atoms with Crippen LogP contribution in [0.5, 0.6) is 0 Å². The van der Waals surface area contributed by atoms with Gasteiger partial charge in [-0.3, -0.25) is 9.59 Å². The van der Waals surface area contributed by atoms with Crippen molar-refractivity contribution >= 4 is 29.1 Å². The number of pyridine rings is 1. The van der Waals surface area contributed by atoms with E-state index in [0.717, 1.165) is 0 Å². The van der Waals surface area contributed by atoms with E-state index < -0.39 is 0 Å². The summed E-state index contributed by atoms with van der Waals surface area (Å²) in [4.78, 5) is 30.1. The van der Waals surface area contributed by atoms with Gasteiger partial charge in [0.05, 0.1) is 12.1 Å². The predicted octanol–water partition coefficient (Wildman–Crippen LogP) is 2.63. The molecule has 1 N–H and O–H groups in total. The molecule has 0 bridgehead atoms. The van der Waals surface area contributed by atoms with Crippen LogP contribution in [0.25, 0.3) is 5.82 Å². The van der Waals surface area contributed by atoms with Gasteiger partial charge >= 0.3 is 0 Å². The first-order valence-corrected chi connectivity index (χ1v) is 8.17. The van der Waals surface area contributed by atoms with Crippen LogP contribution in [0.3, 0.4) is 0 Å². The molecule has 3 aromatic rings. The summed E-state index contributed by atoms with van der Waals surface area (Å²) in [6, 6.07) is 11.9. The SMILES string of the molecule is CN(CC(=O)Nc1cccc(Cl)c1)C(=O)c1ccc(-n2cccn2)nc1. The second kappa shape index (κ2) is 7.79. The molecule has 3 rings (SSSR count). The minimum atomic E-state index is -0.316. The molecule has 0 spiro atoms. The highest BCUT2D eigenvalue weighted by Crippen LogP contribution is 2.15. The maximum absolute atomic E-state index is 12.4. The first-order chi connectivity index (χ1) is 12.5. The lowest BCUT2D eigenvalue weighted by atomic mass is 10.2. The van der Waals surface area contributed by atoms with Gasteiger partial charge in [-0.2, -0.15) is 5.10 Å². The molecule has 0 aliphatic heterocycles. The summed E-state index contributed by atoms with van der Waals surface area (Å²) >= 11 is 5.89. The van der Waals surface area contributed by atoms with Gasteiger partial charge in [0.25, 0.3) is 5.91 Å². The van der Waals surface area contributed by atoms with Crippen LogP contribution in [-0.2, 0) is 4.79 Å². The highest BCUT2D eigenvalue weighted by Gasteiger charge is 2.16. The minimum absolute atomic E-state index is 0.0910. The fourth-order valence-electron chi connectivity index (χ4n) is 2.33. The van der Waals surface area contributed by atoms with Crippen LogP contribution in [0.2, 0.25) is 5.02 Å². The van der Waals surface area contributed by atoms with Crippen LogP contribution in [0.15, 0.2) is 61.1 Å². The summed E-state index contributed by atoms with van der Waals surface area (Å²) in [6.45, 7) is -0.0910. The van der Waals surface area contributed by atoms with Crippen LogP contribution in [0.4, 0.5) is 5.69 Å². The Morgan fingerprint density at radius 1 is 1.23 bits per heavy atom. The van der Waals surface area contributed by atoms with E-state index in [2.05, 4.69) is 15.4 Å². The molecule has 2 aromatic heterocycles. The summed E-state index contributed by atoms with van der Waals surface area (Å²) in [5.41, 5.74) is 0.965. The highest BCUT2D eigenvalue weighted by molar-refractivity contribution is 6.30. The fourth-order valence-corrected chi connectivity index (χ4v) is 2.52. The van der Waals surface area contributed by atoms with Crippen molar-refractivity contribution in [2.45, 2.75) is 0 Å². The summed E-state index contributed by atoms with van der Waals surface area (Å²) in [5, 5.41) is 7.30. The van der Waals surface area contributed by atoms with Crippen molar-refractivity contribution in [2.24, 2.45) is 0 Å². The molecule has 8 heteroatoms. The number of hydrogen-bond acceptors (Lipinski definition) is 4. The van der Waals surface area contributed by atoms with Gasteiger partial charge in [-0.25, -0.2) is 9.67 Å². The molecule has 0 saturated heterocycles. The Kier molecular flexibility index (Phi) is 5.28. The van der Waals surface area contributed by atoms with E-state index in [4.69, 9.17) is 11.6 Å². The Morgan fingerprint density at radius 3 is 2.73 bits per heavy atom. The summed E-state index contributed by atoms with van der Waals surface area (Å²) in [6.07, 6.45) is 4.87. The normalized spacial score (nSPS) is 10.4. The van der Waals surface area contributed by atoms with Crippen LogP contribution in [0, 0.1) is 0 Å². The molecule has 0 aliphatic carbocycles. The molecular weight excluding hydrogens is 354 g/mol. The van der Waals surface area contributed by atoms with E-state index in [1.807, 2.05) is 0 Å². The standard InChI is InChI=1S/C18H16ClN5O2/c1-23(12-17(25)22-15-5-2-4-14(19)10-15)18(26)13-6-7-16(20-11-13)24-9-3-8-21-24/h2-11H,12H2,1H3,(H,22,25). The number of likely N-dealkylation sites (N-methyl/N-ethyl adjacent to an activating group) is 1. The number of halogens is 1. The number of nitrogens with zero attached hydrogens (tertiary/aromatic N) is 4. The third kappa shape index (κ3) is 4.25. The zero-order chi connectivity index (χ0) is 18.5. The smallest absolute Gasteiger partial charge is 0.255 e. The van der Waals surface area contributed by atoms with Crippen molar-refractivity contribution in [2.75, 3.05) is 18.9 Å². The largest absolute Gasteiger partial charge is 0.332 e. The number of benzene rings is 1. The van der Waals surface area contributed by atoms with Crippen LogP contribution < -0.4 is 5.32 Å². The van der Waals surface area contributed by atoms with Gasteiger partial charge in [0.15, 0.2) is 5.82 Å². The van der Waals surface area contributed by atoms with E-state index in [-0.39, 0.29) is 18.4 Å². The quantitative estimate of drug-likeness (QED) is 0.749. The lowest BCUT2D eigenvalue weighted by molar-refractivity contribution is -0.116. The van der Waals surface area contributed by atoms with E-state index in [9.17, 15) is 9.59 Å². The van der Waals surface area contributed by atoms with Crippen molar-refractivity contribution < 1.29 is 9.59 Å². The fraction of sp³-hybridized carbons (Fsp3) is 0.111. The zero-order valence-electron chi connectivity index (χ0n) is 14.0. The Hall–Kier alpha value is -3.19. The summed E-state index contributed by atoms with van der Waals surface area (Å²) in [5.74, 6) is -0.0112. The van der Waals surface area contributed by atoms with Crippen LogP contribution in [0.1, 0.15) is 10.4 Å². The molecule has 0 atom stereocenters. The van der Waals surface area contributed by atoms with Gasteiger partial charge in [-0.15, -0.1) is 0 Å². The van der Waals surface area contributed by atoms with Crippen molar-refractivity contribution in [3.05, 3.63) is 71.6 Å². The summed E-state index contributed by atoms with van der Waals surface area (Å²) in [7, 11) is 1.56. The number of carbonyl (C=O) groups is 2. The van der Waals surface area contributed by atoms with Gasteiger partial charge in [0, 0.05) is 36.3 Å². The average molecular weight is 370 g/mol. The van der Waals surface area contributed by atoms with E-state index in [0.29, 0.717) is 22.1 Å². The van der Waals surface area contributed by atoms with Gasteiger partial charge < -0.3 is 10.2 Å². The molecule has 26 heavy (non-hydrogen) atoms. The minimum Gasteiger partial charge on any atom is -0.332 e. The predicted molar refractivity (Wildman–Crippen MR) is 98.4 cm³/mol. The number of rotatable bonds is 5. The maximum Gasteiger partial charge on any atom is 0.255 e. The third-order valence-electron chi connectivity index (χ3n) is 3.57. The van der Waals surface area contributed by atoms with Crippen molar-refractivity contribution in [1.29, 1.82) is 0 Å². The number of carbonyl (C=O) groups excluding carboxylic acids is 2.